The van der Waals surface area contributed by atoms with Crippen LogP contribution in [-0.2, 0) is 20.7 Å². The van der Waals surface area contributed by atoms with Crippen LogP contribution in [0.25, 0.3) is 0 Å². The lowest BCUT2D eigenvalue weighted by molar-refractivity contribution is 0.0486. The maximum absolute atomic E-state index is 14.9. The van der Waals surface area contributed by atoms with Crippen molar-refractivity contribution in [1.29, 1.82) is 0 Å². The average molecular weight is 547 g/mol. The van der Waals surface area contributed by atoms with Gasteiger partial charge in [-0.3, -0.25) is 0 Å². The molecule has 208 valence electrons. The van der Waals surface area contributed by atoms with Crippen LogP contribution in [0.15, 0.2) is 12.1 Å². The molecule has 0 aliphatic carbocycles. The predicted octanol–water partition coefficient (Wildman–Crippen LogP) is 8.76. The molecular formula is C29H40F5O2P. The summed E-state index contributed by atoms with van der Waals surface area (Å²) < 4.78 is 83.3. The average Bonchev–Trinajstić information content (AvgIpc) is 2.81. The first-order valence-electron chi connectivity index (χ1n) is 12.6. The van der Waals surface area contributed by atoms with E-state index in [1.165, 1.54) is 7.11 Å². The van der Waals surface area contributed by atoms with E-state index in [0.29, 0.717) is 24.2 Å². The molecule has 2 rings (SSSR count). The number of unbranched alkanes of at least 4 members (excludes halogenated alkanes) is 2. The molecule has 8 heteroatoms. The van der Waals surface area contributed by atoms with Crippen LogP contribution in [0.2, 0.25) is 0 Å². The van der Waals surface area contributed by atoms with E-state index >= 15 is 0 Å². The van der Waals surface area contributed by atoms with E-state index in [9.17, 15) is 22.0 Å². The molecular weight excluding hydrogens is 506 g/mol. The quantitative estimate of drug-likeness (QED) is 0.0741. The standard InChI is InChI=1S/C29H40F5O2P/c1-10-11-12-13-29(8,37-26-23(33)21(31)20(30)22(32)24(26)34)19-15-17(27(2,3)4)14-18(28(5,6)7)25(19)36-16-35-9/h14-15,37H,10-13,16H2,1-9H3. The van der Waals surface area contributed by atoms with Gasteiger partial charge in [-0.25, -0.2) is 22.0 Å². The van der Waals surface area contributed by atoms with Gasteiger partial charge in [0, 0.05) is 23.4 Å². The molecule has 0 spiro atoms. The van der Waals surface area contributed by atoms with Crippen molar-refractivity contribution >= 4 is 13.9 Å². The third-order valence-electron chi connectivity index (χ3n) is 6.57. The molecule has 2 nitrogen and oxygen atoms in total. The monoisotopic (exact) mass is 546 g/mol. The Morgan fingerprint density at radius 3 is 1.70 bits per heavy atom. The highest BCUT2D eigenvalue weighted by Crippen LogP contribution is 2.52. The summed E-state index contributed by atoms with van der Waals surface area (Å²) in [5, 5.41) is -1.76. The lowest BCUT2D eigenvalue weighted by atomic mass is 9.76. The SMILES string of the molecule is CCCCCC(C)(Pc1c(F)c(F)c(F)c(F)c1F)c1cc(C(C)(C)C)cc(C(C)(C)C)c1OCOC. The van der Waals surface area contributed by atoms with Crippen molar-refractivity contribution in [2.45, 2.75) is 97.1 Å². The van der Waals surface area contributed by atoms with Gasteiger partial charge in [0.25, 0.3) is 0 Å². The molecule has 0 saturated carbocycles. The van der Waals surface area contributed by atoms with Gasteiger partial charge in [0.1, 0.15) is 5.75 Å². The maximum Gasteiger partial charge on any atom is 0.200 e. The van der Waals surface area contributed by atoms with Crippen LogP contribution in [0.5, 0.6) is 5.75 Å². The molecule has 0 bridgehead atoms. The first-order chi connectivity index (χ1) is 17.0. The fourth-order valence-corrected chi connectivity index (χ4v) is 5.90. The number of ether oxygens (including phenoxy) is 2. The first-order valence-corrected chi connectivity index (χ1v) is 13.6. The minimum Gasteiger partial charge on any atom is -0.467 e. The number of benzene rings is 2. The zero-order valence-electron chi connectivity index (χ0n) is 23.4. The fraction of sp³-hybridized carbons (Fsp3) is 0.586. The molecule has 2 aromatic carbocycles. The zero-order chi connectivity index (χ0) is 28.3. The number of methoxy groups -OCH3 is 1. The van der Waals surface area contributed by atoms with E-state index in [0.717, 1.165) is 24.0 Å². The van der Waals surface area contributed by atoms with E-state index in [-0.39, 0.29) is 17.6 Å². The van der Waals surface area contributed by atoms with E-state index in [4.69, 9.17) is 9.47 Å². The number of hydrogen-bond acceptors (Lipinski definition) is 2. The van der Waals surface area contributed by atoms with Crippen LogP contribution in [0.3, 0.4) is 0 Å². The van der Waals surface area contributed by atoms with Gasteiger partial charge in [-0.1, -0.05) is 95.4 Å². The molecule has 2 unspecified atom stereocenters. The topological polar surface area (TPSA) is 18.5 Å². The van der Waals surface area contributed by atoms with Crippen LogP contribution < -0.4 is 10.0 Å². The molecule has 0 heterocycles. The van der Waals surface area contributed by atoms with Crippen molar-refractivity contribution in [1.82, 2.24) is 0 Å². The van der Waals surface area contributed by atoms with E-state index in [2.05, 4.69) is 26.8 Å². The maximum atomic E-state index is 14.9. The van der Waals surface area contributed by atoms with Crippen molar-refractivity contribution in [3.05, 3.63) is 57.9 Å². The van der Waals surface area contributed by atoms with Gasteiger partial charge in [0.15, 0.2) is 30.1 Å². The van der Waals surface area contributed by atoms with E-state index < -0.39 is 48.1 Å². The smallest absolute Gasteiger partial charge is 0.200 e. The summed E-state index contributed by atoms with van der Waals surface area (Å²) in [6, 6.07) is 4.04. The van der Waals surface area contributed by atoms with Crippen molar-refractivity contribution in [3.63, 3.8) is 0 Å². The van der Waals surface area contributed by atoms with Crippen LogP contribution >= 0.6 is 8.58 Å². The third kappa shape index (κ3) is 7.03. The third-order valence-corrected chi connectivity index (χ3v) is 8.33. The van der Waals surface area contributed by atoms with Crippen molar-refractivity contribution in [2.75, 3.05) is 13.9 Å². The number of hydrogen-bond donors (Lipinski definition) is 0. The van der Waals surface area contributed by atoms with Gasteiger partial charge in [0.05, 0.1) is 5.30 Å². The minimum atomic E-state index is -2.15. The summed E-state index contributed by atoms with van der Waals surface area (Å²) in [5.74, 6) is -9.03. The highest BCUT2D eigenvalue weighted by atomic mass is 31.1. The van der Waals surface area contributed by atoms with Crippen molar-refractivity contribution < 1.29 is 31.4 Å². The first kappa shape index (κ1) is 31.5. The Hall–Kier alpha value is -1.72. The molecule has 0 amide bonds. The molecule has 0 aromatic heterocycles. The van der Waals surface area contributed by atoms with Crippen LogP contribution in [-0.4, -0.2) is 13.9 Å². The largest absolute Gasteiger partial charge is 0.467 e. The Kier molecular flexibility index (Phi) is 10.2. The van der Waals surface area contributed by atoms with Crippen molar-refractivity contribution in [2.24, 2.45) is 0 Å². The zero-order valence-corrected chi connectivity index (χ0v) is 24.4. The van der Waals surface area contributed by atoms with Gasteiger partial charge in [0.2, 0.25) is 5.82 Å². The van der Waals surface area contributed by atoms with Crippen LogP contribution in [0, 0.1) is 29.1 Å². The Labute approximate surface area is 220 Å². The second-order valence-corrected chi connectivity index (χ2v) is 13.7. The van der Waals surface area contributed by atoms with E-state index in [1.807, 2.05) is 40.7 Å². The molecule has 0 fully saturated rings. The number of rotatable bonds is 10. The molecule has 0 aliphatic rings. The minimum absolute atomic E-state index is 0.0539. The summed E-state index contributed by atoms with van der Waals surface area (Å²) in [6.07, 6.45) is 2.95. The lowest BCUT2D eigenvalue weighted by Crippen LogP contribution is -2.28. The van der Waals surface area contributed by atoms with Gasteiger partial charge >= 0.3 is 0 Å². The van der Waals surface area contributed by atoms with Gasteiger partial charge in [-0.15, -0.1) is 0 Å². The Balaban J connectivity index is 2.94. The summed E-state index contributed by atoms with van der Waals surface area (Å²) in [7, 11) is 0.765. The second kappa shape index (κ2) is 12.0. The Morgan fingerprint density at radius 2 is 1.24 bits per heavy atom. The molecule has 0 radical (unpaired) electrons. The van der Waals surface area contributed by atoms with Crippen LogP contribution in [0.4, 0.5) is 22.0 Å². The summed E-state index contributed by atoms with van der Waals surface area (Å²) in [5.41, 5.74) is 1.92. The normalized spacial score (nSPS) is 14.4. The second-order valence-electron chi connectivity index (χ2n) is 11.8. The molecule has 2 aromatic rings. The lowest BCUT2D eigenvalue weighted by Gasteiger charge is -2.37. The van der Waals surface area contributed by atoms with Crippen molar-refractivity contribution in [3.8, 4) is 5.75 Å². The van der Waals surface area contributed by atoms with Gasteiger partial charge in [-0.05, 0) is 22.8 Å². The van der Waals surface area contributed by atoms with Crippen LogP contribution in [0.1, 0.15) is 97.8 Å². The Bertz CT molecular complexity index is 1080. The highest BCUT2D eigenvalue weighted by molar-refractivity contribution is 7.48. The van der Waals surface area contributed by atoms with Gasteiger partial charge < -0.3 is 9.47 Å². The fourth-order valence-electron chi connectivity index (χ4n) is 4.29. The highest BCUT2D eigenvalue weighted by Gasteiger charge is 2.38. The molecule has 2 atom stereocenters. The summed E-state index contributed by atoms with van der Waals surface area (Å²) in [6.45, 7) is 16.1. The summed E-state index contributed by atoms with van der Waals surface area (Å²) >= 11 is 0. The molecule has 0 aliphatic heterocycles. The molecule has 0 N–H and O–H groups in total. The predicted molar refractivity (Wildman–Crippen MR) is 142 cm³/mol. The Morgan fingerprint density at radius 1 is 0.730 bits per heavy atom. The van der Waals surface area contributed by atoms with Gasteiger partial charge in [-0.2, -0.15) is 0 Å². The van der Waals surface area contributed by atoms with E-state index in [1.54, 1.807) is 0 Å². The molecule has 37 heavy (non-hydrogen) atoms. The molecule has 0 saturated heterocycles. The number of halogens is 5. The summed E-state index contributed by atoms with van der Waals surface area (Å²) in [4.78, 5) is 0.